The first-order valence-electron chi connectivity index (χ1n) is 4.07. The molecule has 0 spiro atoms. The molecule has 0 aromatic heterocycles. The summed E-state index contributed by atoms with van der Waals surface area (Å²) in [7, 11) is 0. The number of hydrogen-bond donors (Lipinski definition) is 0. The fourth-order valence-electron chi connectivity index (χ4n) is 1.46. The van der Waals surface area contributed by atoms with Crippen LogP contribution in [0.1, 0.15) is 12.5 Å². The highest BCUT2D eigenvalue weighted by Crippen LogP contribution is 2.46. The van der Waals surface area contributed by atoms with Crippen LogP contribution in [0.25, 0.3) is 0 Å². The Morgan fingerprint density at radius 2 is 2.08 bits per heavy atom. The van der Waals surface area contributed by atoms with Crippen LogP contribution in [0, 0.1) is 0 Å². The Labute approximate surface area is 81.5 Å². The van der Waals surface area contributed by atoms with E-state index in [1.165, 1.54) is 0 Å². The third-order valence-electron chi connectivity index (χ3n) is 2.36. The Bertz CT molecular complexity index is 336. The number of hydrogen-bond acceptors (Lipinski definition) is 2. The summed E-state index contributed by atoms with van der Waals surface area (Å²) in [5, 5.41) is -0.425. The molecule has 1 saturated heterocycles. The van der Waals surface area contributed by atoms with E-state index in [0.717, 1.165) is 5.56 Å². The molecule has 2 nitrogen and oxygen atoms in total. The highest BCUT2D eigenvalue weighted by molar-refractivity contribution is 6.65. The lowest BCUT2D eigenvalue weighted by atomic mass is 9.98. The monoisotopic (exact) mass is 196 g/mol. The molecular formula is C10H9ClO2. The van der Waals surface area contributed by atoms with Gasteiger partial charge < -0.3 is 4.74 Å². The molecule has 1 heterocycles. The second kappa shape index (κ2) is 2.82. The largest absolute Gasteiger partial charge is 0.351 e. The maximum atomic E-state index is 10.8. The Morgan fingerprint density at radius 1 is 1.46 bits per heavy atom. The summed E-state index contributed by atoms with van der Waals surface area (Å²) in [6.07, 6.45) is -0.475. The van der Waals surface area contributed by atoms with E-state index >= 15 is 0 Å². The Kier molecular flexibility index (Phi) is 1.90. The molecule has 3 heteroatoms. The van der Waals surface area contributed by atoms with Crippen LogP contribution in [0.5, 0.6) is 0 Å². The van der Waals surface area contributed by atoms with Gasteiger partial charge in [0.05, 0.1) is 0 Å². The predicted molar refractivity (Wildman–Crippen MR) is 49.5 cm³/mol. The van der Waals surface area contributed by atoms with Gasteiger partial charge in [0.25, 0.3) is 5.24 Å². The molecule has 0 N–H and O–H groups in total. The van der Waals surface area contributed by atoms with Gasteiger partial charge in [-0.2, -0.15) is 0 Å². The molecule has 0 radical (unpaired) electrons. The van der Waals surface area contributed by atoms with Crippen molar-refractivity contribution in [2.45, 2.75) is 18.6 Å². The first-order chi connectivity index (χ1) is 6.14. The summed E-state index contributed by atoms with van der Waals surface area (Å²) in [5.74, 6) is 0. The van der Waals surface area contributed by atoms with Gasteiger partial charge in [-0.3, -0.25) is 4.79 Å². The number of epoxide rings is 1. The van der Waals surface area contributed by atoms with Gasteiger partial charge >= 0.3 is 0 Å². The minimum absolute atomic E-state index is 0.425. The van der Waals surface area contributed by atoms with Gasteiger partial charge in [0.2, 0.25) is 0 Å². The van der Waals surface area contributed by atoms with Gasteiger partial charge in [0.15, 0.2) is 6.10 Å². The van der Waals surface area contributed by atoms with Crippen molar-refractivity contribution in [2.75, 3.05) is 0 Å². The van der Waals surface area contributed by atoms with E-state index < -0.39 is 16.9 Å². The zero-order chi connectivity index (χ0) is 9.47. The lowest BCUT2D eigenvalue weighted by Gasteiger charge is -2.04. The van der Waals surface area contributed by atoms with Gasteiger partial charge in [0.1, 0.15) is 5.60 Å². The molecule has 2 atom stereocenters. The van der Waals surface area contributed by atoms with Crippen molar-refractivity contribution >= 4 is 16.8 Å². The van der Waals surface area contributed by atoms with Crippen LogP contribution in [0.2, 0.25) is 0 Å². The lowest BCUT2D eigenvalue weighted by molar-refractivity contribution is -0.112. The molecule has 1 aliphatic rings. The Morgan fingerprint density at radius 3 is 2.54 bits per heavy atom. The van der Waals surface area contributed by atoms with E-state index in [1.54, 1.807) is 0 Å². The summed E-state index contributed by atoms with van der Waals surface area (Å²) in [6.45, 7) is 1.87. The van der Waals surface area contributed by atoms with Crippen LogP contribution in [0.15, 0.2) is 30.3 Å². The maximum absolute atomic E-state index is 10.8. The summed E-state index contributed by atoms with van der Waals surface area (Å²) < 4.78 is 5.27. The molecule has 1 aromatic rings. The number of benzene rings is 1. The summed E-state index contributed by atoms with van der Waals surface area (Å²) in [5.41, 5.74) is 0.495. The minimum Gasteiger partial charge on any atom is -0.351 e. The summed E-state index contributed by atoms with van der Waals surface area (Å²) >= 11 is 5.35. The van der Waals surface area contributed by atoms with Gasteiger partial charge in [-0.25, -0.2) is 0 Å². The van der Waals surface area contributed by atoms with Crippen LogP contribution in [-0.2, 0) is 15.1 Å². The van der Waals surface area contributed by atoms with Crippen molar-refractivity contribution in [1.29, 1.82) is 0 Å². The molecule has 0 bridgehead atoms. The van der Waals surface area contributed by atoms with E-state index in [2.05, 4.69) is 0 Å². The number of halogens is 1. The standard InChI is InChI=1S/C10H9ClO2/c1-10(8(13-10)9(11)12)7-5-3-2-4-6-7/h2-6,8H,1H3/t8-,10-/m1/s1. The van der Waals surface area contributed by atoms with Crippen molar-refractivity contribution in [2.24, 2.45) is 0 Å². The van der Waals surface area contributed by atoms with E-state index in [-0.39, 0.29) is 0 Å². The zero-order valence-electron chi connectivity index (χ0n) is 7.16. The quantitative estimate of drug-likeness (QED) is 0.535. The third-order valence-corrected chi connectivity index (χ3v) is 2.56. The van der Waals surface area contributed by atoms with Gasteiger partial charge in [-0.1, -0.05) is 30.3 Å². The molecule has 0 saturated carbocycles. The number of carbonyl (C=O) groups excluding carboxylic acids is 1. The van der Waals surface area contributed by atoms with Crippen molar-refractivity contribution < 1.29 is 9.53 Å². The molecular weight excluding hydrogens is 188 g/mol. The molecule has 0 amide bonds. The molecule has 68 valence electrons. The molecule has 13 heavy (non-hydrogen) atoms. The topological polar surface area (TPSA) is 29.6 Å². The van der Waals surface area contributed by atoms with Gasteiger partial charge in [-0.05, 0) is 24.1 Å². The van der Waals surface area contributed by atoms with E-state index in [0.29, 0.717) is 0 Å². The van der Waals surface area contributed by atoms with Crippen LogP contribution in [-0.4, -0.2) is 11.3 Å². The van der Waals surface area contributed by atoms with Gasteiger partial charge in [0, 0.05) is 0 Å². The maximum Gasteiger partial charge on any atom is 0.253 e. The molecule has 1 fully saturated rings. The van der Waals surface area contributed by atoms with Crippen molar-refractivity contribution in [3.05, 3.63) is 35.9 Å². The normalized spacial score (nSPS) is 31.4. The van der Waals surface area contributed by atoms with Crippen molar-refractivity contribution in [3.8, 4) is 0 Å². The van der Waals surface area contributed by atoms with E-state index in [9.17, 15) is 4.79 Å². The average Bonchev–Trinajstić information content (AvgIpc) is 2.82. The second-order valence-electron chi connectivity index (χ2n) is 3.28. The summed E-state index contributed by atoms with van der Waals surface area (Å²) in [6, 6.07) is 9.61. The van der Waals surface area contributed by atoms with Gasteiger partial charge in [-0.15, -0.1) is 0 Å². The smallest absolute Gasteiger partial charge is 0.253 e. The van der Waals surface area contributed by atoms with Crippen LogP contribution in [0.4, 0.5) is 0 Å². The van der Waals surface area contributed by atoms with Crippen LogP contribution in [0.3, 0.4) is 0 Å². The highest BCUT2D eigenvalue weighted by atomic mass is 35.5. The number of ether oxygens (including phenoxy) is 1. The fraction of sp³-hybridized carbons (Fsp3) is 0.300. The first-order valence-corrected chi connectivity index (χ1v) is 4.45. The fourth-order valence-corrected chi connectivity index (χ4v) is 1.71. The first kappa shape index (κ1) is 8.73. The second-order valence-corrected chi connectivity index (χ2v) is 3.65. The molecule has 2 rings (SSSR count). The lowest BCUT2D eigenvalue weighted by Crippen LogP contribution is -2.11. The molecule has 1 aliphatic heterocycles. The predicted octanol–water partition coefficient (Wildman–Crippen LogP) is 2.07. The van der Waals surface area contributed by atoms with E-state index in [4.69, 9.17) is 16.3 Å². The van der Waals surface area contributed by atoms with E-state index in [1.807, 2.05) is 37.3 Å². The molecule has 0 aliphatic carbocycles. The zero-order valence-corrected chi connectivity index (χ0v) is 7.91. The summed E-state index contributed by atoms with van der Waals surface area (Å²) in [4.78, 5) is 10.8. The minimum atomic E-state index is -0.500. The van der Waals surface area contributed by atoms with Crippen LogP contribution < -0.4 is 0 Å². The highest BCUT2D eigenvalue weighted by Gasteiger charge is 2.57. The number of carbonyl (C=O) groups is 1. The van der Waals surface area contributed by atoms with Crippen molar-refractivity contribution in [3.63, 3.8) is 0 Å². The Hall–Kier alpha value is -0.860. The SMILES string of the molecule is C[C@]1(c2ccccc2)O[C@@H]1C(=O)Cl. The van der Waals surface area contributed by atoms with Crippen LogP contribution >= 0.6 is 11.6 Å². The molecule has 0 unspecified atom stereocenters. The third kappa shape index (κ3) is 1.36. The average molecular weight is 197 g/mol. The molecule has 1 aromatic carbocycles. The number of rotatable bonds is 2. The van der Waals surface area contributed by atoms with Crippen molar-refractivity contribution in [1.82, 2.24) is 0 Å². The Balaban J connectivity index is 2.25.